The molecule has 7 heteroatoms. The number of nitrogens with one attached hydrogen (secondary N) is 2. The van der Waals surface area contributed by atoms with Gasteiger partial charge in [-0.3, -0.25) is 4.99 Å². The molecule has 2 N–H and O–H groups in total. The second-order valence-electron chi connectivity index (χ2n) is 4.63. The number of rotatable bonds is 5. The Morgan fingerprint density at radius 1 is 1.50 bits per heavy atom. The first-order valence-electron chi connectivity index (χ1n) is 7.07. The maximum Gasteiger partial charge on any atom is 0.223 e. The molecule has 3 heterocycles. The van der Waals surface area contributed by atoms with Gasteiger partial charge in [-0.2, -0.15) is 0 Å². The maximum absolute atomic E-state index is 5.58. The lowest BCUT2D eigenvalue weighted by Crippen LogP contribution is -2.35. The van der Waals surface area contributed by atoms with E-state index in [1.54, 1.807) is 12.3 Å². The minimum Gasteiger partial charge on any atom is -0.473 e. The average molecular weight is 315 g/mol. The molecule has 1 aliphatic heterocycles. The number of anilines is 1. The van der Waals surface area contributed by atoms with E-state index < -0.39 is 0 Å². The van der Waals surface area contributed by atoms with Crippen molar-refractivity contribution in [3.8, 4) is 17.1 Å². The highest BCUT2D eigenvalue weighted by Gasteiger charge is 2.12. The molecule has 0 aliphatic carbocycles. The van der Waals surface area contributed by atoms with E-state index in [-0.39, 0.29) is 0 Å². The van der Waals surface area contributed by atoms with E-state index in [0.717, 1.165) is 41.9 Å². The van der Waals surface area contributed by atoms with Crippen molar-refractivity contribution in [2.24, 2.45) is 4.99 Å². The Kier molecular flexibility index (Phi) is 4.65. The summed E-state index contributed by atoms with van der Waals surface area (Å²) in [5.74, 6) is 1.34. The van der Waals surface area contributed by atoms with Gasteiger partial charge >= 0.3 is 0 Å². The molecule has 1 aliphatic rings. The Morgan fingerprint density at radius 3 is 3.27 bits per heavy atom. The van der Waals surface area contributed by atoms with Crippen molar-refractivity contribution in [3.63, 3.8) is 0 Å². The summed E-state index contributed by atoms with van der Waals surface area (Å²) in [5, 5.41) is 9.18. The van der Waals surface area contributed by atoms with Gasteiger partial charge in [-0.05, 0) is 18.6 Å². The summed E-state index contributed by atoms with van der Waals surface area (Å²) in [7, 11) is 0. The SMILES string of the molecule is C=CCOc1ncccc1-c1csc(NC2=NCCCN2)n1. The Labute approximate surface area is 133 Å². The van der Waals surface area contributed by atoms with Crippen LogP contribution < -0.4 is 15.4 Å². The van der Waals surface area contributed by atoms with E-state index in [2.05, 4.69) is 32.2 Å². The first-order valence-corrected chi connectivity index (χ1v) is 7.95. The number of hydrogen-bond donors (Lipinski definition) is 2. The van der Waals surface area contributed by atoms with Gasteiger partial charge in [0, 0.05) is 24.7 Å². The second kappa shape index (κ2) is 7.04. The van der Waals surface area contributed by atoms with Crippen LogP contribution in [0.25, 0.3) is 11.3 Å². The zero-order chi connectivity index (χ0) is 15.2. The summed E-state index contributed by atoms with van der Waals surface area (Å²) in [6.07, 6.45) is 4.46. The minimum absolute atomic E-state index is 0.417. The third kappa shape index (κ3) is 3.43. The zero-order valence-electron chi connectivity index (χ0n) is 12.1. The standard InChI is InChI=1S/C15H17N5OS/c1-2-9-21-13-11(5-3-6-16-13)12-10-22-15(19-12)20-14-17-7-4-8-18-14/h2-3,5-6,10H,1,4,7-9H2,(H2,17,18,19,20). The molecule has 0 aromatic carbocycles. The molecule has 0 atom stereocenters. The van der Waals surface area contributed by atoms with Crippen LogP contribution in [0.5, 0.6) is 5.88 Å². The molecule has 0 fully saturated rings. The van der Waals surface area contributed by atoms with Crippen molar-refractivity contribution in [1.29, 1.82) is 0 Å². The highest BCUT2D eigenvalue weighted by atomic mass is 32.1. The Morgan fingerprint density at radius 2 is 2.45 bits per heavy atom. The molecule has 2 aromatic heterocycles. The molecule has 0 radical (unpaired) electrons. The molecule has 0 bridgehead atoms. The first-order chi connectivity index (χ1) is 10.9. The number of thiazole rings is 1. The highest BCUT2D eigenvalue weighted by molar-refractivity contribution is 7.14. The van der Waals surface area contributed by atoms with Crippen LogP contribution in [0.2, 0.25) is 0 Å². The topological polar surface area (TPSA) is 71.4 Å². The van der Waals surface area contributed by atoms with Crippen LogP contribution in [0.3, 0.4) is 0 Å². The summed E-state index contributed by atoms with van der Waals surface area (Å²) in [6, 6.07) is 3.82. The van der Waals surface area contributed by atoms with Gasteiger partial charge < -0.3 is 15.4 Å². The first kappa shape index (κ1) is 14.5. The highest BCUT2D eigenvalue weighted by Crippen LogP contribution is 2.30. The number of nitrogens with zero attached hydrogens (tertiary/aromatic N) is 3. The quantitative estimate of drug-likeness (QED) is 0.830. The lowest BCUT2D eigenvalue weighted by Gasteiger charge is -2.14. The molecule has 2 aromatic rings. The summed E-state index contributed by atoms with van der Waals surface area (Å²) in [4.78, 5) is 13.2. The molecule has 114 valence electrons. The van der Waals surface area contributed by atoms with Crippen LogP contribution in [0.4, 0.5) is 5.13 Å². The molecule has 0 saturated carbocycles. The third-order valence-electron chi connectivity index (χ3n) is 3.01. The lowest BCUT2D eigenvalue weighted by atomic mass is 10.2. The fourth-order valence-electron chi connectivity index (χ4n) is 2.01. The molecular weight excluding hydrogens is 298 g/mol. The van der Waals surface area contributed by atoms with Crippen molar-refractivity contribution >= 4 is 22.4 Å². The predicted octanol–water partition coefficient (Wildman–Crippen LogP) is 2.53. The van der Waals surface area contributed by atoms with Crippen LogP contribution in [0.1, 0.15) is 6.42 Å². The van der Waals surface area contributed by atoms with Crippen LogP contribution >= 0.6 is 11.3 Å². The molecule has 0 amide bonds. The molecule has 22 heavy (non-hydrogen) atoms. The zero-order valence-corrected chi connectivity index (χ0v) is 12.9. The van der Waals surface area contributed by atoms with Crippen LogP contribution in [-0.4, -0.2) is 35.6 Å². The fourth-order valence-corrected chi connectivity index (χ4v) is 2.72. The normalized spacial score (nSPS) is 13.9. The van der Waals surface area contributed by atoms with E-state index in [0.29, 0.717) is 12.5 Å². The average Bonchev–Trinajstić information content (AvgIpc) is 3.02. The van der Waals surface area contributed by atoms with Crippen molar-refractivity contribution in [1.82, 2.24) is 15.3 Å². The van der Waals surface area contributed by atoms with Gasteiger partial charge in [0.05, 0.1) is 11.3 Å². The maximum atomic E-state index is 5.58. The number of aliphatic imine (C=N–C) groups is 1. The fraction of sp³-hybridized carbons (Fsp3) is 0.267. The Balaban J connectivity index is 1.78. The van der Waals surface area contributed by atoms with Gasteiger partial charge in [0.15, 0.2) is 11.1 Å². The summed E-state index contributed by atoms with van der Waals surface area (Å²) < 4.78 is 5.58. The number of aromatic nitrogens is 2. The van der Waals surface area contributed by atoms with E-state index in [1.165, 1.54) is 11.3 Å². The number of guanidine groups is 1. The monoisotopic (exact) mass is 315 g/mol. The summed E-state index contributed by atoms with van der Waals surface area (Å²) >= 11 is 1.52. The summed E-state index contributed by atoms with van der Waals surface area (Å²) in [5.41, 5.74) is 1.70. The lowest BCUT2D eigenvalue weighted by molar-refractivity contribution is 0.350. The van der Waals surface area contributed by atoms with Crippen LogP contribution in [0.15, 0.2) is 41.4 Å². The molecule has 6 nitrogen and oxygen atoms in total. The number of ether oxygens (including phenoxy) is 1. The smallest absolute Gasteiger partial charge is 0.223 e. The van der Waals surface area contributed by atoms with Gasteiger partial charge in [-0.25, -0.2) is 9.97 Å². The van der Waals surface area contributed by atoms with Crippen LogP contribution in [-0.2, 0) is 0 Å². The molecule has 0 unspecified atom stereocenters. The van der Waals surface area contributed by atoms with Crippen molar-refractivity contribution in [3.05, 3.63) is 36.4 Å². The van der Waals surface area contributed by atoms with E-state index >= 15 is 0 Å². The summed E-state index contributed by atoms with van der Waals surface area (Å²) in [6.45, 7) is 5.85. The molecule has 0 saturated heterocycles. The van der Waals surface area contributed by atoms with Crippen LogP contribution in [0, 0.1) is 0 Å². The molecular formula is C15H17N5OS. The number of pyridine rings is 1. The molecule has 3 rings (SSSR count). The second-order valence-corrected chi connectivity index (χ2v) is 5.49. The number of hydrogen-bond acceptors (Lipinski definition) is 7. The van der Waals surface area contributed by atoms with Gasteiger partial charge in [0.1, 0.15) is 6.61 Å². The Hall–Kier alpha value is -2.41. The van der Waals surface area contributed by atoms with E-state index in [4.69, 9.17) is 4.74 Å². The Bertz CT molecular complexity index is 682. The van der Waals surface area contributed by atoms with Gasteiger partial charge in [-0.15, -0.1) is 11.3 Å². The largest absolute Gasteiger partial charge is 0.473 e. The molecule has 0 spiro atoms. The van der Waals surface area contributed by atoms with Gasteiger partial charge in [0.25, 0.3) is 0 Å². The van der Waals surface area contributed by atoms with Gasteiger partial charge in [-0.1, -0.05) is 12.7 Å². The van der Waals surface area contributed by atoms with Crippen molar-refractivity contribution < 1.29 is 4.74 Å². The van der Waals surface area contributed by atoms with Crippen molar-refractivity contribution in [2.75, 3.05) is 25.0 Å². The predicted molar refractivity (Wildman–Crippen MR) is 89.6 cm³/mol. The van der Waals surface area contributed by atoms with E-state index in [1.807, 2.05) is 17.5 Å². The van der Waals surface area contributed by atoms with Crippen molar-refractivity contribution in [2.45, 2.75) is 6.42 Å². The van der Waals surface area contributed by atoms with E-state index in [9.17, 15) is 0 Å². The minimum atomic E-state index is 0.417. The third-order valence-corrected chi connectivity index (χ3v) is 3.77. The van der Waals surface area contributed by atoms with Gasteiger partial charge in [0.2, 0.25) is 5.88 Å².